The fourth-order valence-electron chi connectivity index (χ4n) is 1.94. The third-order valence-electron chi connectivity index (χ3n) is 3.13. The van der Waals surface area contributed by atoms with Crippen molar-refractivity contribution in [3.8, 4) is 0 Å². The van der Waals surface area contributed by atoms with E-state index in [1.165, 1.54) is 16.7 Å². The van der Waals surface area contributed by atoms with Crippen LogP contribution in [0.2, 0.25) is 0 Å². The predicted octanol–water partition coefficient (Wildman–Crippen LogP) is 6.82. The lowest BCUT2D eigenvalue weighted by Gasteiger charge is -2.14. The Balaban J connectivity index is 2.30. The van der Waals surface area contributed by atoms with Crippen LogP contribution in [-0.4, -0.2) is 0 Å². The average molecular weight is 447 g/mol. The van der Waals surface area contributed by atoms with E-state index in [0.29, 0.717) is 5.92 Å². The van der Waals surface area contributed by atoms with Crippen molar-refractivity contribution in [2.75, 3.05) is 0 Å². The van der Waals surface area contributed by atoms with Crippen LogP contribution in [0.1, 0.15) is 41.3 Å². The summed E-state index contributed by atoms with van der Waals surface area (Å²) in [5, 5.41) is 0. The molecule has 0 aliphatic heterocycles. The SMILES string of the molecule is CC(C)c1ccc(C(Br)c2ccc(Br)cc2Br)cc1. The number of hydrogen-bond acceptors (Lipinski definition) is 0. The molecular formula is C16H15Br3. The minimum Gasteiger partial charge on any atom is -0.0786 e. The monoisotopic (exact) mass is 444 g/mol. The second-order valence-electron chi connectivity index (χ2n) is 4.85. The first-order valence-electron chi connectivity index (χ1n) is 6.18. The number of hydrogen-bond donors (Lipinski definition) is 0. The molecule has 0 nitrogen and oxygen atoms in total. The van der Waals surface area contributed by atoms with Crippen LogP contribution < -0.4 is 0 Å². The molecule has 0 N–H and O–H groups in total. The molecule has 0 bridgehead atoms. The van der Waals surface area contributed by atoms with Crippen molar-refractivity contribution < 1.29 is 0 Å². The highest BCUT2D eigenvalue weighted by Crippen LogP contribution is 2.36. The van der Waals surface area contributed by atoms with Gasteiger partial charge >= 0.3 is 0 Å². The molecule has 0 saturated heterocycles. The zero-order valence-electron chi connectivity index (χ0n) is 10.8. The van der Waals surface area contributed by atoms with Gasteiger partial charge in [0.2, 0.25) is 0 Å². The summed E-state index contributed by atoms with van der Waals surface area (Å²) >= 11 is 10.9. The van der Waals surface area contributed by atoms with E-state index in [9.17, 15) is 0 Å². The summed E-state index contributed by atoms with van der Waals surface area (Å²) in [6.07, 6.45) is 0. The molecule has 1 unspecified atom stereocenters. The van der Waals surface area contributed by atoms with Gasteiger partial charge < -0.3 is 0 Å². The molecule has 2 aromatic carbocycles. The molecule has 1 atom stereocenters. The van der Waals surface area contributed by atoms with Gasteiger partial charge in [-0.1, -0.05) is 92.0 Å². The standard InChI is InChI=1S/C16H15Br3/c1-10(2)11-3-5-12(6-4-11)16(19)14-8-7-13(17)9-15(14)18/h3-10,16H,1-2H3. The van der Waals surface area contributed by atoms with Crippen molar-refractivity contribution in [3.05, 3.63) is 68.1 Å². The predicted molar refractivity (Wildman–Crippen MR) is 93.1 cm³/mol. The van der Waals surface area contributed by atoms with Crippen LogP contribution in [-0.2, 0) is 0 Å². The van der Waals surface area contributed by atoms with Crippen LogP contribution in [0.25, 0.3) is 0 Å². The van der Waals surface area contributed by atoms with Crippen molar-refractivity contribution in [1.29, 1.82) is 0 Å². The molecule has 19 heavy (non-hydrogen) atoms. The summed E-state index contributed by atoms with van der Waals surface area (Å²) in [5.74, 6) is 0.572. The quantitative estimate of drug-likeness (QED) is 0.454. The summed E-state index contributed by atoms with van der Waals surface area (Å²) in [7, 11) is 0. The Morgan fingerprint density at radius 1 is 0.842 bits per heavy atom. The molecule has 0 aliphatic rings. The largest absolute Gasteiger partial charge is 0.0786 e. The van der Waals surface area contributed by atoms with Gasteiger partial charge in [0.25, 0.3) is 0 Å². The van der Waals surface area contributed by atoms with E-state index < -0.39 is 0 Å². The lowest BCUT2D eigenvalue weighted by Crippen LogP contribution is -1.95. The summed E-state index contributed by atoms with van der Waals surface area (Å²) in [6, 6.07) is 15.1. The number of halogens is 3. The molecule has 0 saturated carbocycles. The normalized spacial score (nSPS) is 12.7. The molecule has 2 aromatic rings. The summed E-state index contributed by atoms with van der Waals surface area (Å²) < 4.78 is 2.19. The molecule has 0 radical (unpaired) electrons. The van der Waals surface area contributed by atoms with Crippen LogP contribution in [0.4, 0.5) is 0 Å². The summed E-state index contributed by atoms with van der Waals surface area (Å²) in [5.41, 5.74) is 3.88. The van der Waals surface area contributed by atoms with Gasteiger partial charge in [0, 0.05) is 8.95 Å². The van der Waals surface area contributed by atoms with Crippen molar-refractivity contribution >= 4 is 47.8 Å². The zero-order valence-corrected chi connectivity index (χ0v) is 15.6. The van der Waals surface area contributed by atoms with Gasteiger partial charge in [-0.3, -0.25) is 0 Å². The highest BCUT2D eigenvalue weighted by molar-refractivity contribution is 9.11. The maximum Gasteiger partial charge on any atom is 0.0655 e. The Morgan fingerprint density at radius 3 is 1.95 bits per heavy atom. The lowest BCUT2D eigenvalue weighted by molar-refractivity contribution is 0.865. The third kappa shape index (κ3) is 3.71. The Bertz CT molecular complexity index is 559. The number of benzene rings is 2. The first-order valence-corrected chi connectivity index (χ1v) is 8.68. The minimum atomic E-state index is 0.205. The molecule has 0 amide bonds. The van der Waals surface area contributed by atoms with Crippen molar-refractivity contribution in [2.45, 2.75) is 24.6 Å². The highest BCUT2D eigenvalue weighted by atomic mass is 79.9. The van der Waals surface area contributed by atoms with Gasteiger partial charge in [0.15, 0.2) is 0 Å². The van der Waals surface area contributed by atoms with Gasteiger partial charge in [0.05, 0.1) is 4.83 Å². The first-order chi connectivity index (χ1) is 8.99. The molecule has 0 aliphatic carbocycles. The first kappa shape index (κ1) is 15.3. The molecule has 0 fully saturated rings. The molecular weight excluding hydrogens is 432 g/mol. The third-order valence-corrected chi connectivity index (χ3v) is 5.33. The topological polar surface area (TPSA) is 0 Å². The Kier molecular flexibility index (Phi) is 5.27. The van der Waals surface area contributed by atoms with Crippen molar-refractivity contribution in [2.24, 2.45) is 0 Å². The van der Waals surface area contributed by atoms with Gasteiger partial charge in [0.1, 0.15) is 0 Å². The number of alkyl halides is 1. The van der Waals surface area contributed by atoms with E-state index in [1.54, 1.807) is 0 Å². The van der Waals surface area contributed by atoms with Gasteiger partial charge in [-0.15, -0.1) is 0 Å². The second kappa shape index (κ2) is 6.55. The number of rotatable bonds is 3. The van der Waals surface area contributed by atoms with Crippen LogP contribution in [0.15, 0.2) is 51.4 Å². The Hall–Kier alpha value is -0.120. The summed E-state index contributed by atoms with van der Waals surface area (Å²) in [4.78, 5) is 0.205. The minimum absolute atomic E-state index is 0.205. The molecule has 0 spiro atoms. The van der Waals surface area contributed by atoms with E-state index >= 15 is 0 Å². The average Bonchev–Trinajstić information content (AvgIpc) is 2.38. The molecule has 0 aromatic heterocycles. The van der Waals surface area contributed by atoms with Crippen LogP contribution in [0.3, 0.4) is 0 Å². The van der Waals surface area contributed by atoms with E-state index in [-0.39, 0.29) is 4.83 Å². The van der Waals surface area contributed by atoms with Crippen molar-refractivity contribution in [1.82, 2.24) is 0 Å². The van der Waals surface area contributed by atoms with Crippen LogP contribution in [0, 0.1) is 0 Å². The zero-order chi connectivity index (χ0) is 14.0. The molecule has 100 valence electrons. The van der Waals surface area contributed by atoms with Gasteiger partial charge in [-0.25, -0.2) is 0 Å². The molecule has 2 rings (SSSR count). The van der Waals surface area contributed by atoms with E-state index in [1.807, 2.05) is 0 Å². The van der Waals surface area contributed by atoms with Gasteiger partial charge in [-0.2, -0.15) is 0 Å². The smallest absolute Gasteiger partial charge is 0.0655 e. The van der Waals surface area contributed by atoms with Crippen LogP contribution >= 0.6 is 47.8 Å². The highest BCUT2D eigenvalue weighted by Gasteiger charge is 2.14. The fraction of sp³-hybridized carbons (Fsp3) is 0.250. The second-order valence-corrected chi connectivity index (χ2v) is 7.54. The van der Waals surface area contributed by atoms with E-state index in [0.717, 1.165) is 8.95 Å². The van der Waals surface area contributed by atoms with E-state index in [4.69, 9.17) is 0 Å². The Labute approximate surface area is 140 Å². The summed E-state index contributed by atoms with van der Waals surface area (Å²) in [6.45, 7) is 4.43. The van der Waals surface area contributed by atoms with Gasteiger partial charge in [-0.05, 0) is 34.7 Å². The fourth-order valence-corrected chi connectivity index (χ4v) is 4.22. The maximum atomic E-state index is 3.79. The van der Waals surface area contributed by atoms with Crippen LogP contribution in [0.5, 0.6) is 0 Å². The Morgan fingerprint density at radius 2 is 1.42 bits per heavy atom. The molecule has 3 heteroatoms. The van der Waals surface area contributed by atoms with E-state index in [2.05, 4.69) is 104 Å². The lowest BCUT2D eigenvalue weighted by atomic mass is 9.99. The maximum absolute atomic E-state index is 3.79. The van der Waals surface area contributed by atoms with Crippen molar-refractivity contribution in [3.63, 3.8) is 0 Å². The molecule has 0 heterocycles.